The number of aliphatic hydroxyl groups excluding tert-OH is 1. The summed E-state index contributed by atoms with van der Waals surface area (Å²) in [5, 5.41) is 19.0. The number of rotatable bonds is 3. The van der Waals surface area contributed by atoms with E-state index in [2.05, 4.69) is 4.98 Å². The van der Waals surface area contributed by atoms with Gasteiger partial charge in [0.05, 0.1) is 31.0 Å². The van der Waals surface area contributed by atoms with Crippen LogP contribution in [0.3, 0.4) is 0 Å². The summed E-state index contributed by atoms with van der Waals surface area (Å²) in [5.41, 5.74) is 0.483. The van der Waals surface area contributed by atoms with E-state index < -0.39 is 5.97 Å². The summed E-state index contributed by atoms with van der Waals surface area (Å²) in [7, 11) is 0. The van der Waals surface area contributed by atoms with Crippen molar-refractivity contribution >= 4 is 5.97 Å². The van der Waals surface area contributed by atoms with Gasteiger partial charge in [0.2, 0.25) is 0 Å². The number of imidazole rings is 1. The maximum absolute atomic E-state index is 10.2. The van der Waals surface area contributed by atoms with Crippen LogP contribution in [0.1, 0.15) is 11.5 Å². The van der Waals surface area contributed by atoms with E-state index in [9.17, 15) is 9.90 Å². The Morgan fingerprint density at radius 2 is 2.38 bits per heavy atom. The van der Waals surface area contributed by atoms with Crippen molar-refractivity contribution in [2.75, 3.05) is 0 Å². The Morgan fingerprint density at radius 3 is 2.85 bits per heavy atom. The van der Waals surface area contributed by atoms with Crippen LogP contribution >= 0.6 is 0 Å². The van der Waals surface area contributed by atoms with E-state index in [1.807, 2.05) is 0 Å². The van der Waals surface area contributed by atoms with Crippen molar-refractivity contribution in [2.24, 2.45) is 0 Å². The molecule has 0 amide bonds. The van der Waals surface area contributed by atoms with E-state index >= 15 is 0 Å². The van der Waals surface area contributed by atoms with E-state index in [0.29, 0.717) is 11.5 Å². The Labute approximate surface area is 118 Å². The third kappa shape index (κ3) is 3.49. The van der Waals surface area contributed by atoms with Crippen LogP contribution in [0.15, 0.2) is 6.20 Å². The average Bonchev–Trinajstić information content (AvgIpc) is 2.32. The van der Waals surface area contributed by atoms with Gasteiger partial charge in [-0.25, -0.2) is 4.98 Å². The van der Waals surface area contributed by atoms with Crippen LogP contribution in [0.4, 0.5) is 0 Å². The number of carbonyl (C=O) groups is 1. The molecule has 1 aromatic heterocycles. The standard InChI is InChI=1S/C7H10N2O3.K/c1-5-8-2-6(4-10)9(5)3-7(11)12;/h2,10H,3-4H2,1H3,(H,11,12);/q;+1/p-1. The van der Waals surface area contributed by atoms with Gasteiger partial charge in [0, 0.05) is 0 Å². The molecule has 0 atom stereocenters. The fourth-order valence-electron chi connectivity index (χ4n) is 0.986. The first-order chi connectivity index (χ1) is 5.65. The Hall–Kier alpha value is 0.276. The third-order valence-corrected chi connectivity index (χ3v) is 1.59. The summed E-state index contributed by atoms with van der Waals surface area (Å²) in [6.07, 6.45) is 1.44. The van der Waals surface area contributed by atoms with Crippen LogP contribution < -0.4 is 56.5 Å². The first-order valence-electron chi connectivity index (χ1n) is 3.47. The Kier molecular flexibility index (Phi) is 6.02. The number of aromatic nitrogens is 2. The van der Waals surface area contributed by atoms with Gasteiger partial charge in [0.1, 0.15) is 5.82 Å². The summed E-state index contributed by atoms with van der Waals surface area (Å²) in [5.74, 6) is -0.631. The van der Waals surface area contributed by atoms with Gasteiger partial charge in [-0.15, -0.1) is 0 Å². The second-order valence-electron chi connectivity index (χ2n) is 2.41. The number of carboxylic acids is 1. The predicted octanol–water partition coefficient (Wildman–Crippen LogP) is -4.56. The van der Waals surface area contributed by atoms with Crippen LogP contribution in [-0.2, 0) is 17.9 Å². The molecule has 0 aliphatic heterocycles. The fraction of sp³-hybridized carbons (Fsp3) is 0.429. The summed E-state index contributed by atoms with van der Waals surface area (Å²) in [6, 6.07) is 0. The van der Waals surface area contributed by atoms with Crippen molar-refractivity contribution in [3.05, 3.63) is 17.7 Å². The predicted molar refractivity (Wildman–Crippen MR) is 37.9 cm³/mol. The number of hydrogen-bond acceptors (Lipinski definition) is 4. The zero-order chi connectivity index (χ0) is 9.14. The van der Waals surface area contributed by atoms with Crippen molar-refractivity contribution in [1.29, 1.82) is 0 Å². The largest absolute Gasteiger partial charge is 1.00 e. The van der Waals surface area contributed by atoms with Gasteiger partial charge in [-0.3, -0.25) is 0 Å². The maximum Gasteiger partial charge on any atom is 1.00 e. The van der Waals surface area contributed by atoms with Crippen LogP contribution in [0.2, 0.25) is 0 Å². The second-order valence-corrected chi connectivity index (χ2v) is 2.41. The molecule has 0 unspecified atom stereocenters. The number of carbonyl (C=O) groups excluding carboxylic acids is 1. The summed E-state index contributed by atoms with van der Waals surface area (Å²) in [4.78, 5) is 14.1. The summed E-state index contributed by atoms with van der Waals surface area (Å²) < 4.78 is 1.40. The Morgan fingerprint density at radius 1 is 1.77 bits per heavy atom. The molecule has 13 heavy (non-hydrogen) atoms. The molecule has 0 aliphatic rings. The Bertz CT molecular complexity index is 298. The van der Waals surface area contributed by atoms with E-state index in [1.165, 1.54) is 10.8 Å². The maximum atomic E-state index is 10.2. The molecule has 0 saturated carbocycles. The summed E-state index contributed by atoms with van der Waals surface area (Å²) >= 11 is 0. The number of nitrogens with zero attached hydrogens (tertiary/aromatic N) is 2. The fourth-order valence-corrected chi connectivity index (χ4v) is 0.986. The molecule has 1 aromatic rings. The normalized spacial score (nSPS) is 9.38. The van der Waals surface area contributed by atoms with E-state index in [0.717, 1.165) is 0 Å². The van der Waals surface area contributed by atoms with Gasteiger partial charge in [-0.05, 0) is 6.92 Å². The van der Waals surface area contributed by atoms with Crippen molar-refractivity contribution in [2.45, 2.75) is 20.1 Å². The molecule has 0 radical (unpaired) electrons. The molecule has 1 rings (SSSR count). The molecular weight excluding hydrogens is 199 g/mol. The van der Waals surface area contributed by atoms with Crippen molar-refractivity contribution in [3.8, 4) is 0 Å². The minimum atomic E-state index is -1.19. The van der Waals surface area contributed by atoms with Gasteiger partial charge in [0.25, 0.3) is 0 Å². The molecule has 0 aliphatic carbocycles. The van der Waals surface area contributed by atoms with E-state index in [4.69, 9.17) is 5.11 Å². The number of hydrogen-bond donors (Lipinski definition) is 1. The van der Waals surface area contributed by atoms with Crippen LogP contribution in [0.5, 0.6) is 0 Å². The number of aliphatic carboxylic acids is 1. The van der Waals surface area contributed by atoms with E-state index in [-0.39, 0.29) is 64.5 Å². The molecule has 0 bridgehead atoms. The molecule has 1 heterocycles. The molecule has 0 fully saturated rings. The number of carboxylic acid groups (broad SMARTS) is 1. The van der Waals surface area contributed by atoms with Gasteiger partial charge >= 0.3 is 51.4 Å². The van der Waals surface area contributed by atoms with Crippen LogP contribution in [0, 0.1) is 6.92 Å². The third-order valence-electron chi connectivity index (χ3n) is 1.59. The Balaban J connectivity index is 0.00000144. The van der Waals surface area contributed by atoms with Gasteiger partial charge in [-0.1, -0.05) is 0 Å². The molecule has 0 spiro atoms. The van der Waals surface area contributed by atoms with Crippen molar-refractivity contribution in [1.82, 2.24) is 9.55 Å². The minimum absolute atomic E-state index is 0. The molecule has 1 N–H and O–H groups in total. The minimum Gasteiger partial charge on any atom is -0.548 e. The number of aryl methyl sites for hydroxylation is 1. The van der Waals surface area contributed by atoms with Gasteiger partial charge in [0.15, 0.2) is 0 Å². The zero-order valence-corrected chi connectivity index (χ0v) is 10.8. The van der Waals surface area contributed by atoms with E-state index in [1.54, 1.807) is 6.92 Å². The van der Waals surface area contributed by atoms with Gasteiger partial charge in [-0.2, -0.15) is 0 Å². The molecular formula is C7H9KN2O3. The second kappa shape index (κ2) is 5.89. The molecule has 0 saturated heterocycles. The molecule has 66 valence electrons. The number of aliphatic hydroxyl groups is 1. The van der Waals surface area contributed by atoms with Crippen molar-refractivity contribution < 1.29 is 66.4 Å². The zero-order valence-electron chi connectivity index (χ0n) is 7.65. The first kappa shape index (κ1) is 13.3. The molecule has 6 heteroatoms. The van der Waals surface area contributed by atoms with Crippen molar-refractivity contribution in [3.63, 3.8) is 0 Å². The first-order valence-corrected chi connectivity index (χ1v) is 3.47. The summed E-state index contributed by atoms with van der Waals surface area (Å²) in [6.45, 7) is 1.19. The van der Waals surface area contributed by atoms with Crippen LogP contribution in [0.25, 0.3) is 0 Å². The van der Waals surface area contributed by atoms with Crippen LogP contribution in [-0.4, -0.2) is 20.6 Å². The SMILES string of the molecule is Cc1ncc(CO)n1CC(=O)[O-].[K+]. The molecule has 0 aromatic carbocycles. The smallest absolute Gasteiger partial charge is 0.548 e. The topological polar surface area (TPSA) is 78.2 Å². The van der Waals surface area contributed by atoms with Gasteiger partial charge < -0.3 is 19.6 Å². The quantitative estimate of drug-likeness (QED) is 0.507. The average molecular weight is 208 g/mol. The monoisotopic (exact) mass is 208 g/mol. The molecule has 5 nitrogen and oxygen atoms in total.